The second-order valence-corrected chi connectivity index (χ2v) is 6.97. The van der Waals surface area contributed by atoms with E-state index in [1.807, 2.05) is 24.3 Å². The number of amides is 2. The summed E-state index contributed by atoms with van der Waals surface area (Å²) in [6, 6.07) is 8.51. The van der Waals surface area contributed by atoms with Gasteiger partial charge in [-0.15, -0.1) is 0 Å². The molecular weight excluding hydrogens is 374 g/mol. The monoisotopic (exact) mass is 395 g/mol. The van der Waals surface area contributed by atoms with Crippen LogP contribution >= 0.6 is 0 Å². The van der Waals surface area contributed by atoms with Crippen molar-refractivity contribution in [3.05, 3.63) is 53.8 Å². The van der Waals surface area contributed by atoms with Gasteiger partial charge < -0.3 is 19.8 Å². The third kappa shape index (κ3) is 3.81. The molecule has 2 aromatic heterocycles. The Kier molecular flexibility index (Phi) is 5.22. The van der Waals surface area contributed by atoms with Gasteiger partial charge in [0.05, 0.1) is 23.7 Å². The summed E-state index contributed by atoms with van der Waals surface area (Å²) in [5.74, 6) is -0.0910. The van der Waals surface area contributed by atoms with Crippen molar-refractivity contribution < 1.29 is 19.2 Å². The fourth-order valence-corrected chi connectivity index (χ4v) is 3.68. The molecule has 1 aliphatic heterocycles. The number of nitrogens with one attached hydrogen (secondary N) is 1. The van der Waals surface area contributed by atoms with Gasteiger partial charge in [0.15, 0.2) is 0 Å². The van der Waals surface area contributed by atoms with Crippen molar-refractivity contribution in [2.75, 3.05) is 13.1 Å². The zero-order valence-electron chi connectivity index (χ0n) is 15.9. The molecule has 1 aromatic carbocycles. The Morgan fingerprint density at radius 2 is 2.17 bits per heavy atom. The van der Waals surface area contributed by atoms with Gasteiger partial charge in [-0.3, -0.25) is 14.6 Å². The van der Waals surface area contributed by atoms with E-state index in [9.17, 15) is 14.7 Å². The number of aromatic nitrogens is 3. The van der Waals surface area contributed by atoms with Crippen LogP contribution in [0.25, 0.3) is 10.9 Å². The van der Waals surface area contributed by atoms with E-state index in [1.54, 1.807) is 24.1 Å². The van der Waals surface area contributed by atoms with Gasteiger partial charge in [-0.2, -0.15) is 4.98 Å². The van der Waals surface area contributed by atoms with Gasteiger partial charge in [0, 0.05) is 25.1 Å². The van der Waals surface area contributed by atoms with Gasteiger partial charge in [0.25, 0.3) is 5.91 Å². The Labute approximate surface area is 166 Å². The molecule has 2 atom stereocenters. The first-order chi connectivity index (χ1) is 14.0. The highest BCUT2D eigenvalue weighted by Crippen LogP contribution is 2.28. The molecule has 4 rings (SSSR count). The fraction of sp³-hybridized carbons (Fsp3) is 0.350. The number of fused-ring (bicyclic) bond motifs is 1. The summed E-state index contributed by atoms with van der Waals surface area (Å²) in [6.07, 6.45) is 1.92. The van der Waals surface area contributed by atoms with E-state index >= 15 is 0 Å². The molecule has 0 radical (unpaired) electrons. The molecule has 3 aromatic rings. The number of hydrogen-bond donors (Lipinski definition) is 2. The number of hydrogen-bond acceptors (Lipinski definition) is 7. The van der Waals surface area contributed by atoms with Crippen molar-refractivity contribution >= 4 is 22.7 Å². The third-order valence-electron chi connectivity index (χ3n) is 5.09. The van der Waals surface area contributed by atoms with Gasteiger partial charge in [-0.1, -0.05) is 23.4 Å². The van der Waals surface area contributed by atoms with Crippen LogP contribution in [0.2, 0.25) is 0 Å². The van der Waals surface area contributed by atoms with Gasteiger partial charge in [-0.25, -0.2) is 0 Å². The van der Waals surface area contributed by atoms with E-state index in [4.69, 9.17) is 4.52 Å². The van der Waals surface area contributed by atoms with Gasteiger partial charge in [-0.05, 0) is 25.0 Å². The Hall–Kier alpha value is -3.33. The van der Waals surface area contributed by atoms with E-state index in [0.29, 0.717) is 29.9 Å². The van der Waals surface area contributed by atoms with Crippen LogP contribution in [-0.2, 0) is 4.79 Å². The quantitative estimate of drug-likeness (QED) is 0.669. The summed E-state index contributed by atoms with van der Waals surface area (Å²) >= 11 is 0. The van der Waals surface area contributed by atoms with Crippen molar-refractivity contribution in [2.24, 2.45) is 0 Å². The first-order valence-corrected chi connectivity index (χ1v) is 9.44. The molecule has 1 saturated heterocycles. The number of pyridine rings is 1. The van der Waals surface area contributed by atoms with Crippen molar-refractivity contribution in [2.45, 2.75) is 31.9 Å². The number of likely N-dealkylation sites (tertiary alicyclic amines) is 1. The number of aliphatic hydroxyl groups excluding tert-OH is 1. The minimum absolute atomic E-state index is 0.163. The summed E-state index contributed by atoms with van der Waals surface area (Å²) in [5, 5.41) is 17.7. The highest BCUT2D eigenvalue weighted by Gasteiger charge is 2.36. The lowest BCUT2D eigenvalue weighted by Crippen LogP contribution is -2.44. The first kappa shape index (κ1) is 19.0. The summed E-state index contributed by atoms with van der Waals surface area (Å²) in [6.45, 7) is 1.98. The van der Waals surface area contributed by atoms with Crippen molar-refractivity contribution in [1.82, 2.24) is 25.3 Å². The van der Waals surface area contributed by atoms with Gasteiger partial charge in [0.1, 0.15) is 6.10 Å². The Balaban J connectivity index is 1.43. The molecule has 0 saturated carbocycles. The highest BCUT2D eigenvalue weighted by molar-refractivity contribution is 6.06. The lowest BCUT2D eigenvalue weighted by atomic mass is 10.1. The van der Waals surface area contributed by atoms with Crippen LogP contribution in [0.15, 0.2) is 41.1 Å². The molecule has 9 heteroatoms. The molecule has 2 N–H and O–H groups in total. The van der Waals surface area contributed by atoms with Crippen LogP contribution in [0.5, 0.6) is 0 Å². The van der Waals surface area contributed by atoms with Crippen molar-refractivity contribution in [3.63, 3.8) is 0 Å². The number of rotatable bonds is 5. The van der Waals surface area contributed by atoms with Crippen LogP contribution in [0.3, 0.4) is 0 Å². The second kappa shape index (κ2) is 7.96. The number of carbonyl (C=O) groups excluding carboxylic acids is 2. The average molecular weight is 395 g/mol. The average Bonchev–Trinajstić information content (AvgIpc) is 3.40. The Morgan fingerprint density at radius 3 is 2.97 bits per heavy atom. The molecule has 3 heterocycles. The number of aliphatic hydroxyl groups is 1. The molecule has 9 nitrogen and oxygen atoms in total. The topological polar surface area (TPSA) is 121 Å². The van der Waals surface area contributed by atoms with Crippen LogP contribution in [0.1, 0.15) is 41.0 Å². The maximum atomic E-state index is 12.7. The molecule has 2 amide bonds. The second-order valence-electron chi connectivity index (χ2n) is 6.97. The lowest BCUT2D eigenvalue weighted by molar-refractivity contribution is -0.133. The van der Waals surface area contributed by atoms with E-state index in [-0.39, 0.29) is 24.2 Å². The summed E-state index contributed by atoms with van der Waals surface area (Å²) in [4.78, 5) is 35.2. The smallest absolute Gasteiger partial charge is 0.252 e. The molecule has 0 spiro atoms. The fourth-order valence-electron chi connectivity index (χ4n) is 3.68. The predicted octanol–water partition coefficient (Wildman–Crippen LogP) is 1.38. The maximum Gasteiger partial charge on any atom is 0.252 e. The first-order valence-electron chi connectivity index (χ1n) is 9.44. The zero-order valence-corrected chi connectivity index (χ0v) is 15.9. The maximum absolute atomic E-state index is 12.7. The number of nitrogens with zero attached hydrogens (tertiary/aromatic N) is 4. The minimum atomic E-state index is -1.03. The largest absolute Gasteiger partial charge is 0.383 e. The number of aryl methyl sites for hydroxylation is 1. The minimum Gasteiger partial charge on any atom is -0.383 e. The van der Waals surface area contributed by atoms with Crippen molar-refractivity contribution in [1.29, 1.82) is 0 Å². The van der Waals surface area contributed by atoms with E-state index in [1.165, 1.54) is 0 Å². The number of para-hydroxylation sites is 1. The van der Waals surface area contributed by atoms with Crippen LogP contribution in [-0.4, -0.2) is 56.1 Å². The third-order valence-corrected chi connectivity index (χ3v) is 5.09. The predicted molar refractivity (Wildman–Crippen MR) is 103 cm³/mol. The Morgan fingerprint density at radius 1 is 1.34 bits per heavy atom. The summed E-state index contributed by atoms with van der Waals surface area (Å²) in [5.41, 5.74) is 1.17. The molecule has 29 heavy (non-hydrogen) atoms. The summed E-state index contributed by atoms with van der Waals surface area (Å²) in [7, 11) is 0. The zero-order chi connectivity index (χ0) is 20.4. The van der Waals surface area contributed by atoms with Crippen molar-refractivity contribution in [3.8, 4) is 0 Å². The molecular formula is C20H21N5O4. The number of carbonyl (C=O) groups is 2. The van der Waals surface area contributed by atoms with E-state index in [2.05, 4.69) is 20.4 Å². The van der Waals surface area contributed by atoms with Crippen LogP contribution < -0.4 is 5.32 Å². The molecule has 1 fully saturated rings. The Bertz CT molecular complexity index is 1040. The van der Waals surface area contributed by atoms with Crippen LogP contribution in [0, 0.1) is 6.92 Å². The SMILES string of the molecule is Cc1nc(C(O)C2CCCN2C(=O)CNC(=O)c2ccnc3ccccc23)no1. The standard InChI is InChI=1S/C20H21N5O4/c1-12-23-19(24-29-12)18(27)16-7-4-10-25(16)17(26)11-22-20(28)14-8-9-21-15-6-3-2-5-13(14)15/h2-3,5-6,8-9,16,18,27H,4,7,10-11H2,1H3,(H,22,28). The number of benzene rings is 1. The highest BCUT2D eigenvalue weighted by atomic mass is 16.5. The lowest BCUT2D eigenvalue weighted by Gasteiger charge is -2.27. The molecule has 0 bridgehead atoms. The van der Waals surface area contributed by atoms with E-state index < -0.39 is 12.1 Å². The van der Waals surface area contributed by atoms with Crippen LogP contribution in [0.4, 0.5) is 0 Å². The normalized spacial score (nSPS) is 17.4. The van der Waals surface area contributed by atoms with E-state index in [0.717, 1.165) is 11.8 Å². The summed E-state index contributed by atoms with van der Waals surface area (Å²) < 4.78 is 4.92. The molecule has 2 unspecified atom stereocenters. The molecule has 150 valence electrons. The van der Waals surface area contributed by atoms with Gasteiger partial charge >= 0.3 is 0 Å². The molecule has 0 aliphatic carbocycles. The van der Waals surface area contributed by atoms with Gasteiger partial charge in [0.2, 0.25) is 17.6 Å². The molecule has 1 aliphatic rings.